The Balaban J connectivity index is 0.000000516. The minimum atomic E-state index is -0.191. The lowest BCUT2D eigenvalue weighted by Crippen LogP contribution is -2.31. The third-order valence-corrected chi connectivity index (χ3v) is 4.32. The number of rotatable bonds is 11. The molecule has 1 unspecified atom stereocenters. The van der Waals surface area contributed by atoms with Gasteiger partial charge in [-0.2, -0.15) is 0 Å². The third kappa shape index (κ3) is 13.9. The molecule has 0 N–H and O–H groups in total. The van der Waals surface area contributed by atoms with Gasteiger partial charge in [0.05, 0.1) is 19.8 Å². The monoisotopic (exact) mass is 374 g/mol. The maximum Gasteiger partial charge on any atom is 0.123 e. The molecule has 0 bridgehead atoms. The molecule has 0 saturated heterocycles. The molecule has 0 amide bonds. The quantitative estimate of drug-likeness (QED) is 0.418. The Kier molecular flexibility index (Phi) is 15.2. The molecule has 0 aromatic heterocycles. The van der Waals surface area contributed by atoms with Crippen molar-refractivity contribution in [2.45, 2.75) is 45.1 Å². The van der Waals surface area contributed by atoms with E-state index in [1.807, 2.05) is 26.2 Å². The molecule has 0 fully saturated rings. The Morgan fingerprint density at radius 3 is 2.11 bits per heavy atom. The summed E-state index contributed by atoms with van der Waals surface area (Å²) < 4.78 is 24.3. The topological polar surface area (TPSA) is 6.48 Å². The minimum Gasteiger partial charge on any atom is -0.295 e. The van der Waals surface area contributed by atoms with Gasteiger partial charge >= 0.3 is 0 Å². The summed E-state index contributed by atoms with van der Waals surface area (Å²) in [6, 6.07) is 6.98. The van der Waals surface area contributed by atoms with Crippen LogP contribution >= 0.6 is 0 Å². The van der Waals surface area contributed by atoms with Crippen molar-refractivity contribution in [1.29, 1.82) is 0 Å². The number of likely N-dealkylation sites (N-methyl/N-ethyl adjacent to an activating group) is 1. The van der Waals surface area contributed by atoms with Crippen LogP contribution in [0.3, 0.4) is 0 Å². The fourth-order valence-electron chi connectivity index (χ4n) is 2.48. The average molecular weight is 375 g/mol. The Morgan fingerprint density at radius 1 is 0.963 bits per heavy atom. The number of terminal acetylenes is 2. The number of halogens is 2. The summed E-state index contributed by atoms with van der Waals surface area (Å²) in [6.07, 6.45) is 15.2. The zero-order chi connectivity index (χ0) is 20.5. The molecule has 0 saturated carbocycles. The predicted octanol–water partition coefficient (Wildman–Crippen LogP) is 4.40. The predicted molar refractivity (Wildman–Crippen MR) is 112 cm³/mol. The lowest BCUT2D eigenvalue weighted by molar-refractivity contribution is 0.287. The summed E-state index contributed by atoms with van der Waals surface area (Å²) in [6.45, 7) is 4.31. The number of unbranched alkanes of at least 4 members (excludes halogenated alkanes) is 3. The first-order chi connectivity index (χ1) is 12.9. The molecule has 27 heavy (non-hydrogen) atoms. The molecule has 0 spiro atoms. The summed E-state index contributed by atoms with van der Waals surface area (Å²) in [4.78, 5) is 4.21. The van der Waals surface area contributed by atoms with Crippen LogP contribution in [0.5, 0.6) is 0 Å². The van der Waals surface area contributed by atoms with Gasteiger partial charge in [0.15, 0.2) is 0 Å². The van der Waals surface area contributed by atoms with Crippen molar-refractivity contribution in [3.63, 3.8) is 0 Å². The van der Waals surface area contributed by atoms with Gasteiger partial charge in [-0.1, -0.05) is 36.8 Å². The van der Waals surface area contributed by atoms with Gasteiger partial charge in [0.1, 0.15) is 5.82 Å². The molecule has 150 valence electrons. The first kappa shape index (κ1) is 25.1. The molecule has 1 atom stereocenters. The largest absolute Gasteiger partial charge is 0.295 e. The van der Waals surface area contributed by atoms with Gasteiger partial charge in [-0.15, -0.1) is 12.8 Å². The summed E-state index contributed by atoms with van der Waals surface area (Å²) in [7, 11) is 4.00. The highest BCUT2D eigenvalue weighted by Crippen LogP contribution is 2.08. The zero-order valence-corrected chi connectivity index (χ0v) is 17.1. The smallest absolute Gasteiger partial charge is 0.123 e. The van der Waals surface area contributed by atoms with Gasteiger partial charge in [-0.3, -0.25) is 14.2 Å². The van der Waals surface area contributed by atoms with Gasteiger partial charge in [-0.25, -0.2) is 4.39 Å². The number of nitrogens with zero attached hydrogens (tertiary/aromatic N) is 2. The van der Waals surface area contributed by atoms with Crippen LogP contribution in [-0.2, 0) is 6.42 Å². The molecule has 0 aliphatic rings. The molecule has 0 aliphatic carbocycles. The summed E-state index contributed by atoms with van der Waals surface area (Å²) >= 11 is 0. The highest BCUT2D eigenvalue weighted by atomic mass is 18.2. The van der Waals surface area contributed by atoms with Crippen LogP contribution in [0.1, 0.15) is 38.2 Å². The van der Waals surface area contributed by atoms with Crippen LogP contribution in [0.4, 0.5) is 8.78 Å². The van der Waals surface area contributed by atoms with E-state index in [4.69, 9.17) is 12.8 Å². The van der Waals surface area contributed by atoms with E-state index in [-0.39, 0.29) is 12.5 Å². The van der Waals surface area contributed by atoms with Crippen molar-refractivity contribution < 1.29 is 8.78 Å². The third-order valence-electron chi connectivity index (χ3n) is 4.32. The Morgan fingerprint density at radius 2 is 1.56 bits per heavy atom. The normalized spacial score (nSPS) is 11.4. The van der Waals surface area contributed by atoms with Gasteiger partial charge in [-0.05, 0) is 64.5 Å². The second-order valence-corrected chi connectivity index (χ2v) is 6.84. The van der Waals surface area contributed by atoms with Crippen molar-refractivity contribution in [2.75, 3.05) is 40.4 Å². The second kappa shape index (κ2) is 16.3. The van der Waals surface area contributed by atoms with Crippen molar-refractivity contribution in [2.24, 2.45) is 0 Å². The van der Waals surface area contributed by atoms with Crippen molar-refractivity contribution in [1.82, 2.24) is 9.80 Å². The molecule has 1 aromatic carbocycles. The van der Waals surface area contributed by atoms with Crippen LogP contribution in [0, 0.1) is 30.5 Å². The van der Waals surface area contributed by atoms with Gasteiger partial charge in [0, 0.05) is 6.04 Å². The molecule has 4 heteroatoms. The fraction of sp³-hybridized carbons (Fsp3) is 0.565. The van der Waals surface area contributed by atoms with E-state index in [0.29, 0.717) is 25.6 Å². The van der Waals surface area contributed by atoms with Crippen LogP contribution in [0.2, 0.25) is 0 Å². The van der Waals surface area contributed by atoms with Crippen LogP contribution < -0.4 is 0 Å². The molecule has 0 aliphatic heterocycles. The molecule has 0 radical (unpaired) electrons. The van der Waals surface area contributed by atoms with Gasteiger partial charge < -0.3 is 0 Å². The average Bonchev–Trinajstić information content (AvgIpc) is 2.64. The van der Waals surface area contributed by atoms with Gasteiger partial charge in [0.25, 0.3) is 0 Å². The van der Waals surface area contributed by atoms with E-state index in [1.165, 1.54) is 12.1 Å². The fourth-order valence-corrected chi connectivity index (χ4v) is 2.48. The first-order valence-electron chi connectivity index (χ1n) is 9.50. The number of hydrogen-bond acceptors (Lipinski definition) is 2. The van der Waals surface area contributed by atoms with Crippen molar-refractivity contribution in [3.05, 3.63) is 35.6 Å². The first-order valence-corrected chi connectivity index (χ1v) is 9.50. The van der Waals surface area contributed by atoms with Crippen LogP contribution in [0.25, 0.3) is 0 Å². The highest BCUT2D eigenvalue weighted by Gasteiger charge is 2.08. The Bertz CT molecular complexity index is 557. The van der Waals surface area contributed by atoms with E-state index in [0.717, 1.165) is 37.8 Å². The van der Waals surface area contributed by atoms with E-state index < -0.39 is 0 Å². The SMILES string of the molecule is C#CCN(C)C(C)Cc1ccc([18F])cc1.C#CCN(C)CCCCCC[18F]. The molecular weight excluding hydrogens is 340 g/mol. The maximum atomic E-state index is 12.7. The standard InChI is InChI=1S/C13H16FN.C10H18FN/c1-4-9-15(3)11(2)10-12-5-7-13(14)8-6-12;1-3-9-12(2)10-7-5-4-6-8-11/h1,5-8,11H,9-10H2,2-3H3;1H,4-10H2,2H3/i14-1;11-1. The number of hydrogen-bond donors (Lipinski definition) is 0. The lowest BCUT2D eigenvalue weighted by Gasteiger charge is -2.22. The minimum absolute atomic E-state index is 0.180. The maximum absolute atomic E-state index is 12.7. The van der Waals surface area contributed by atoms with Gasteiger partial charge in [0.2, 0.25) is 0 Å². The Labute approximate surface area is 164 Å². The number of benzene rings is 1. The summed E-state index contributed by atoms with van der Waals surface area (Å²) in [5.41, 5.74) is 1.13. The van der Waals surface area contributed by atoms with E-state index >= 15 is 0 Å². The summed E-state index contributed by atoms with van der Waals surface area (Å²) in [5, 5.41) is 0. The van der Waals surface area contributed by atoms with Crippen molar-refractivity contribution >= 4 is 0 Å². The highest BCUT2D eigenvalue weighted by molar-refractivity contribution is 5.17. The van der Waals surface area contributed by atoms with E-state index in [9.17, 15) is 8.78 Å². The lowest BCUT2D eigenvalue weighted by atomic mass is 10.1. The van der Waals surface area contributed by atoms with E-state index in [1.54, 1.807) is 0 Å². The second-order valence-electron chi connectivity index (χ2n) is 6.84. The molecule has 1 aromatic rings. The van der Waals surface area contributed by atoms with E-state index in [2.05, 4.69) is 28.6 Å². The molecule has 0 heterocycles. The number of alkyl halides is 1. The van der Waals surface area contributed by atoms with Crippen LogP contribution in [0.15, 0.2) is 24.3 Å². The molecular formula is C23H34F2N2. The van der Waals surface area contributed by atoms with Crippen LogP contribution in [-0.4, -0.2) is 56.2 Å². The van der Waals surface area contributed by atoms with Crippen molar-refractivity contribution in [3.8, 4) is 24.7 Å². The Hall–Kier alpha value is -1.88. The zero-order valence-electron chi connectivity index (χ0n) is 17.1. The summed E-state index contributed by atoms with van der Waals surface area (Å²) in [5.74, 6) is 5.00. The molecule has 1 rings (SSSR count). The molecule has 2 nitrogen and oxygen atoms in total.